The molecule has 0 fully saturated rings. The zero-order valence-corrected chi connectivity index (χ0v) is 56.4. The van der Waals surface area contributed by atoms with Crippen LogP contribution in [0, 0.1) is 0 Å². The van der Waals surface area contributed by atoms with E-state index in [1.807, 2.05) is 0 Å². The summed E-state index contributed by atoms with van der Waals surface area (Å²) in [5, 5.41) is 18.3. The van der Waals surface area contributed by atoms with Gasteiger partial charge in [-0.3, -0.25) is 0 Å². The second-order valence-electron chi connectivity index (χ2n) is 29.4. The third-order valence-corrected chi connectivity index (χ3v) is 23.4. The van der Waals surface area contributed by atoms with E-state index in [9.17, 15) is 0 Å². The van der Waals surface area contributed by atoms with Crippen molar-refractivity contribution in [2.24, 2.45) is 0 Å². The van der Waals surface area contributed by atoms with E-state index < -0.39 is 0 Å². The monoisotopic (exact) mass is 1300 g/mol. The number of furan rings is 3. The van der Waals surface area contributed by atoms with Gasteiger partial charge in [0.05, 0.1) is 33.6 Å². The number of hydrogen-bond acceptors (Lipinski definition) is 5. The van der Waals surface area contributed by atoms with Gasteiger partial charge in [0.2, 0.25) is 0 Å². The summed E-state index contributed by atoms with van der Waals surface area (Å²) < 4.78 is 24.0. The van der Waals surface area contributed by atoms with E-state index >= 15 is 0 Å². The van der Waals surface area contributed by atoms with E-state index in [1.165, 1.54) is 104 Å². The second-order valence-corrected chi connectivity index (χ2v) is 29.4. The van der Waals surface area contributed by atoms with E-state index in [0.29, 0.717) is 0 Å². The minimum Gasteiger partial charge on any atom is -0.456 e. The van der Waals surface area contributed by atoms with E-state index in [1.54, 1.807) is 0 Å². The molecule has 0 atom stereocenters. The molecule has 5 aromatic heterocycles. The lowest BCUT2D eigenvalue weighted by molar-refractivity contribution is 0.660. The maximum Gasteiger partial charge on any atom is 0.159 e. The summed E-state index contributed by atoms with van der Waals surface area (Å²) in [4.78, 5) is 4.81. The minimum absolute atomic E-state index is 0.147. The Morgan fingerprint density at radius 2 is 0.765 bits per heavy atom. The van der Waals surface area contributed by atoms with Crippen molar-refractivity contribution in [2.75, 3.05) is 9.80 Å². The Morgan fingerprint density at radius 3 is 1.39 bits per heavy atom. The van der Waals surface area contributed by atoms with Gasteiger partial charge in [0.25, 0.3) is 0 Å². The van der Waals surface area contributed by atoms with Gasteiger partial charge >= 0.3 is 0 Å². The Bertz CT molecular complexity index is 7280. The lowest BCUT2D eigenvalue weighted by atomic mass is 9.82. The topological polar surface area (TPSA) is 50.3 Å². The minimum atomic E-state index is -0.153. The molecular formula is C96H61N3O3. The highest BCUT2D eigenvalue weighted by molar-refractivity contribution is 6.31. The number of benzene rings is 16. The fraction of sp³-hybridized carbons (Fsp3) is 0.0625. The summed E-state index contributed by atoms with van der Waals surface area (Å²) >= 11 is 0. The van der Waals surface area contributed by atoms with Crippen LogP contribution in [-0.4, -0.2) is 4.40 Å². The van der Waals surface area contributed by atoms with Gasteiger partial charge in [0.1, 0.15) is 22.3 Å². The van der Waals surface area contributed by atoms with Crippen molar-refractivity contribution in [1.82, 2.24) is 4.40 Å². The molecule has 6 heteroatoms. The third-order valence-electron chi connectivity index (χ3n) is 23.4. The zero-order chi connectivity index (χ0) is 67.2. The smallest absolute Gasteiger partial charge is 0.159 e. The van der Waals surface area contributed by atoms with E-state index in [-0.39, 0.29) is 10.8 Å². The molecule has 0 aliphatic heterocycles. The van der Waals surface area contributed by atoms with Crippen molar-refractivity contribution in [1.29, 1.82) is 0 Å². The number of hydrogen-bond donors (Lipinski definition) is 0. The average molecular weight is 1300 g/mol. The highest BCUT2D eigenvalue weighted by atomic mass is 16.3. The summed E-state index contributed by atoms with van der Waals surface area (Å²) in [6, 6.07) is 110. The largest absolute Gasteiger partial charge is 0.456 e. The maximum atomic E-state index is 7.29. The molecule has 21 aromatic rings. The number of fused-ring (bicyclic) bond motifs is 27. The van der Waals surface area contributed by atoms with Crippen molar-refractivity contribution >= 4 is 170 Å². The van der Waals surface area contributed by atoms with Crippen LogP contribution in [0.1, 0.15) is 49.9 Å². The lowest BCUT2D eigenvalue weighted by Gasteiger charge is -2.27. The standard InChI is InChI=1S/C96H61N3O3/c1-95(2)77-28-14-12-24-65(77)72-49-59(37-41-79(72)95)97(82-30-16-26-69-90-63-22-10-8-20-55(63)33-44-85(90)101-93(69)82)61-35-39-67-75-47-58(54-18-6-5-7-19-54)48-76-89-71-53-88-74(46-57(71)32-43-81(89)99(92(75)76)84(67)51-61)68-40-36-62(52-87(68)100-88)98(60-38-42-80-73(50-60)66-25-13-15-29-78(66)96(80,3)4)83-31-17-27-70-91-64-23-11-9-21-56(64)34-45-86(91)102-94(70)83/h5-53H,1-4H3. The van der Waals surface area contributed by atoms with Crippen LogP contribution < -0.4 is 9.80 Å². The Labute approximate surface area is 585 Å². The first kappa shape index (κ1) is 56.0. The number of nitrogens with zero attached hydrogens (tertiary/aromatic N) is 3. The Hall–Kier alpha value is -12.9. The molecule has 0 amide bonds. The van der Waals surface area contributed by atoms with Gasteiger partial charge in [-0.25, -0.2) is 0 Å². The normalized spacial score (nSPS) is 13.8. The fourth-order valence-corrected chi connectivity index (χ4v) is 18.7. The summed E-state index contributed by atoms with van der Waals surface area (Å²) in [7, 11) is 0. The van der Waals surface area contributed by atoms with Crippen LogP contribution in [0.3, 0.4) is 0 Å². The molecule has 2 aliphatic carbocycles. The molecule has 0 saturated heterocycles. The molecule has 2 aliphatic rings. The van der Waals surface area contributed by atoms with Gasteiger partial charge in [-0.2, -0.15) is 0 Å². The summed E-state index contributed by atoms with van der Waals surface area (Å²) in [5.74, 6) is 0. The van der Waals surface area contributed by atoms with Crippen LogP contribution in [0.15, 0.2) is 311 Å². The summed E-state index contributed by atoms with van der Waals surface area (Å²) in [6.45, 7) is 9.39. The molecule has 0 radical (unpaired) electrons. The fourth-order valence-electron chi connectivity index (χ4n) is 18.7. The first-order valence-electron chi connectivity index (χ1n) is 35.4. The molecule has 16 aromatic carbocycles. The molecule has 23 rings (SSSR count). The molecule has 0 unspecified atom stereocenters. The van der Waals surface area contributed by atoms with Gasteiger partial charge in [-0.1, -0.05) is 216 Å². The Balaban J connectivity index is 0.736. The summed E-state index contributed by atoms with van der Waals surface area (Å²) in [5.41, 5.74) is 26.9. The maximum absolute atomic E-state index is 7.29. The van der Waals surface area contributed by atoms with Gasteiger partial charge < -0.3 is 27.5 Å². The van der Waals surface area contributed by atoms with Crippen LogP contribution in [0.4, 0.5) is 34.1 Å². The predicted octanol–water partition coefficient (Wildman–Crippen LogP) is 27.2. The average Bonchev–Trinajstić information content (AvgIpc) is 1.53. The van der Waals surface area contributed by atoms with Crippen molar-refractivity contribution < 1.29 is 13.3 Å². The second kappa shape index (κ2) is 19.9. The van der Waals surface area contributed by atoms with E-state index in [0.717, 1.165) is 122 Å². The molecule has 0 N–H and O–H groups in total. The van der Waals surface area contributed by atoms with Crippen molar-refractivity contribution in [3.8, 4) is 33.4 Å². The SMILES string of the molecule is CC1(C)c2ccccc2-c2cc(N(c3ccc4c(c3)oc3cc5c(ccc6c5c5cc(-c7ccccc7)cc7c8ccc(N(c9ccc%10c(c9)-c9ccccc9C%10(C)C)c9cccc%10c9oc9ccc%11ccccc%11c9%10)cc8n6c75)cc34)c3cccc4c3oc3ccc5ccccc5c34)ccc21. The predicted molar refractivity (Wildman–Crippen MR) is 425 cm³/mol. The van der Waals surface area contributed by atoms with Crippen LogP contribution in [0.25, 0.3) is 170 Å². The summed E-state index contributed by atoms with van der Waals surface area (Å²) in [6.07, 6.45) is 0. The van der Waals surface area contributed by atoms with Crippen molar-refractivity contribution in [3.63, 3.8) is 0 Å². The lowest BCUT2D eigenvalue weighted by Crippen LogP contribution is -2.15. The van der Waals surface area contributed by atoms with E-state index in [2.05, 4.69) is 339 Å². The first-order valence-corrected chi connectivity index (χ1v) is 35.4. The molecule has 102 heavy (non-hydrogen) atoms. The molecule has 0 bridgehead atoms. The van der Waals surface area contributed by atoms with Gasteiger partial charge in [0, 0.05) is 87.8 Å². The first-order chi connectivity index (χ1) is 50.1. The van der Waals surface area contributed by atoms with Crippen LogP contribution in [0.2, 0.25) is 0 Å². The molecule has 478 valence electrons. The molecular weight excluding hydrogens is 1240 g/mol. The Morgan fingerprint density at radius 1 is 0.265 bits per heavy atom. The highest BCUT2D eigenvalue weighted by Crippen LogP contribution is 2.56. The number of aromatic nitrogens is 1. The van der Waals surface area contributed by atoms with Crippen LogP contribution in [0.5, 0.6) is 0 Å². The molecule has 5 heterocycles. The van der Waals surface area contributed by atoms with Gasteiger partial charge in [-0.05, 0) is 191 Å². The van der Waals surface area contributed by atoms with Crippen LogP contribution in [-0.2, 0) is 10.8 Å². The molecule has 0 spiro atoms. The third kappa shape index (κ3) is 7.47. The number of para-hydroxylation sites is 2. The Kier molecular flexibility index (Phi) is 11.0. The van der Waals surface area contributed by atoms with Gasteiger partial charge in [0.15, 0.2) is 11.2 Å². The number of rotatable bonds is 7. The molecule has 6 nitrogen and oxygen atoms in total. The van der Waals surface area contributed by atoms with E-state index in [4.69, 9.17) is 13.3 Å². The quantitative estimate of drug-likeness (QED) is 0.159. The highest BCUT2D eigenvalue weighted by Gasteiger charge is 2.38. The zero-order valence-electron chi connectivity index (χ0n) is 56.4. The number of anilines is 6. The van der Waals surface area contributed by atoms with Crippen molar-refractivity contribution in [2.45, 2.75) is 38.5 Å². The van der Waals surface area contributed by atoms with Crippen LogP contribution >= 0.6 is 0 Å². The van der Waals surface area contributed by atoms with Crippen molar-refractivity contribution in [3.05, 3.63) is 320 Å². The molecule has 0 saturated carbocycles. The van der Waals surface area contributed by atoms with Gasteiger partial charge in [-0.15, -0.1) is 0 Å².